The van der Waals surface area contributed by atoms with Crippen LogP contribution in [0, 0.1) is 13.8 Å². The monoisotopic (exact) mass is 496 g/mol. The molecule has 0 unspecified atom stereocenters. The second-order valence-corrected chi connectivity index (χ2v) is 7.90. The second kappa shape index (κ2) is 11.9. The number of carbonyl (C=O) groups excluding carboxylic acids is 3. The third-order valence-electron chi connectivity index (χ3n) is 4.81. The first-order valence-electron chi connectivity index (χ1n) is 10.8. The van der Waals surface area contributed by atoms with Gasteiger partial charge < -0.3 is 24.8 Å². The van der Waals surface area contributed by atoms with Gasteiger partial charge in [0.15, 0.2) is 6.61 Å². The van der Waals surface area contributed by atoms with Crippen LogP contribution in [0.5, 0.6) is 11.5 Å². The number of halogens is 1. The number of nitrogens with one attached hydrogen (secondary N) is 2. The fraction of sp³-hybridized carbons (Fsp3) is 0.192. The fourth-order valence-electron chi connectivity index (χ4n) is 3.14. The summed E-state index contributed by atoms with van der Waals surface area (Å²) in [4.78, 5) is 36.6. The molecule has 0 saturated carbocycles. The van der Waals surface area contributed by atoms with Crippen LogP contribution in [0.3, 0.4) is 0 Å². The minimum atomic E-state index is -0.820. The highest BCUT2D eigenvalue weighted by Crippen LogP contribution is 2.26. The molecule has 3 rings (SSSR count). The van der Waals surface area contributed by atoms with Crippen LogP contribution in [0.4, 0.5) is 16.2 Å². The van der Waals surface area contributed by atoms with E-state index in [0.717, 1.165) is 11.1 Å². The molecule has 9 heteroatoms. The summed E-state index contributed by atoms with van der Waals surface area (Å²) in [5.41, 5.74) is 2.88. The van der Waals surface area contributed by atoms with Crippen LogP contribution in [0.2, 0.25) is 5.02 Å². The van der Waals surface area contributed by atoms with Crippen molar-refractivity contribution in [3.63, 3.8) is 0 Å². The highest BCUT2D eigenvalue weighted by Gasteiger charge is 2.13. The Balaban J connectivity index is 1.61. The van der Waals surface area contributed by atoms with Gasteiger partial charge in [-0.15, -0.1) is 0 Å². The van der Waals surface area contributed by atoms with E-state index in [4.69, 9.17) is 25.8 Å². The molecule has 3 aromatic carbocycles. The molecule has 0 radical (unpaired) electrons. The van der Waals surface area contributed by atoms with E-state index in [1.807, 2.05) is 13.8 Å². The average Bonchev–Trinajstić information content (AvgIpc) is 2.83. The van der Waals surface area contributed by atoms with E-state index in [1.165, 1.54) is 24.3 Å². The predicted molar refractivity (Wildman–Crippen MR) is 134 cm³/mol. The zero-order valence-electron chi connectivity index (χ0n) is 19.5. The minimum absolute atomic E-state index is 0.196. The van der Waals surface area contributed by atoms with E-state index in [2.05, 4.69) is 10.6 Å². The molecule has 2 amide bonds. The van der Waals surface area contributed by atoms with E-state index in [0.29, 0.717) is 27.7 Å². The number of hydrogen-bond donors (Lipinski definition) is 2. The standard InChI is InChI=1S/C26H25ClN2O6/c1-4-33-26(32)35-19-11-9-18(10-12-19)25(31)29-22-8-6-5-7-21(22)28-23(30)15-34-20-13-16(2)24(27)17(3)14-20/h5-14H,4,15H2,1-3H3,(H,28,30)(H,29,31). The Morgan fingerprint density at radius 3 is 2.06 bits per heavy atom. The molecular formula is C26H25ClN2O6. The number of ether oxygens (including phenoxy) is 3. The first-order valence-corrected chi connectivity index (χ1v) is 11.2. The molecule has 0 heterocycles. The highest BCUT2D eigenvalue weighted by atomic mass is 35.5. The number of aryl methyl sites for hydroxylation is 2. The summed E-state index contributed by atoms with van der Waals surface area (Å²) in [6.07, 6.45) is -0.820. The van der Waals surface area contributed by atoms with Crippen molar-refractivity contribution in [2.24, 2.45) is 0 Å². The Morgan fingerprint density at radius 1 is 0.857 bits per heavy atom. The predicted octanol–water partition coefficient (Wildman–Crippen LogP) is 5.76. The normalized spacial score (nSPS) is 10.3. The second-order valence-electron chi connectivity index (χ2n) is 7.52. The van der Waals surface area contributed by atoms with Crippen molar-refractivity contribution in [2.75, 3.05) is 23.8 Å². The zero-order valence-corrected chi connectivity index (χ0v) is 20.3. The van der Waals surface area contributed by atoms with Crippen molar-refractivity contribution in [1.82, 2.24) is 0 Å². The molecule has 182 valence electrons. The van der Waals surface area contributed by atoms with Crippen LogP contribution in [0.15, 0.2) is 60.7 Å². The van der Waals surface area contributed by atoms with E-state index >= 15 is 0 Å². The van der Waals surface area contributed by atoms with E-state index in [1.54, 1.807) is 43.3 Å². The lowest BCUT2D eigenvalue weighted by atomic mass is 10.1. The lowest BCUT2D eigenvalue weighted by Crippen LogP contribution is -2.22. The first-order chi connectivity index (χ1) is 16.8. The minimum Gasteiger partial charge on any atom is -0.484 e. The maximum absolute atomic E-state index is 12.7. The van der Waals surface area contributed by atoms with Gasteiger partial charge in [-0.3, -0.25) is 9.59 Å². The van der Waals surface area contributed by atoms with Crippen LogP contribution >= 0.6 is 11.6 Å². The topological polar surface area (TPSA) is 103 Å². The molecular weight excluding hydrogens is 472 g/mol. The summed E-state index contributed by atoms with van der Waals surface area (Å²) in [5, 5.41) is 6.17. The summed E-state index contributed by atoms with van der Waals surface area (Å²) in [7, 11) is 0. The third-order valence-corrected chi connectivity index (χ3v) is 5.41. The Morgan fingerprint density at radius 2 is 1.46 bits per heavy atom. The van der Waals surface area contributed by atoms with Gasteiger partial charge in [0, 0.05) is 10.6 Å². The van der Waals surface area contributed by atoms with Gasteiger partial charge in [-0.05, 0) is 80.4 Å². The van der Waals surface area contributed by atoms with Crippen molar-refractivity contribution in [3.8, 4) is 11.5 Å². The maximum Gasteiger partial charge on any atom is 0.513 e. The molecule has 0 fully saturated rings. The van der Waals surface area contributed by atoms with E-state index < -0.39 is 18.0 Å². The number of hydrogen-bond acceptors (Lipinski definition) is 6. The van der Waals surface area contributed by atoms with Crippen LogP contribution in [0.1, 0.15) is 28.4 Å². The molecule has 8 nitrogen and oxygen atoms in total. The quantitative estimate of drug-likeness (QED) is 0.303. The summed E-state index contributed by atoms with van der Waals surface area (Å²) < 4.78 is 15.3. The molecule has 0 saturated heterocycles. The van der Waals surface area contributed by atoms with Crippen molar-refractivity contribution in [3.05, 3.63) is 82.4 Å². The van der Waals surface area contributed by atoms with E-state index in [9.17, 15) is 14.4 Å². The SMILES string of the molecule is CCOC(=O)Oc1ccc(C(=O)Nc2ccccc2NC(=O)COc2cc(C)c(Cl)c(C)c2)cc1. The molecule has 0 bridgehead atoms. The van der Waals surface area contributed by atoms with Gasteiger partial charge in [-0.2, -0.15) is 0 Å². The fourth-order valence-corrected chi connectivity index (χ4v) is 3.25. The van der Waals surface area contributed by atoms with Crippen LogP contribution in [0.25, 0.3) is 0 Å². The Bertz CT molecular complexity index is 1200. The average molecular weight is 497 g/mol. The van der Waals surface area contributed by atoms with Crippen LogP contribution < -0.4 is 20.1 Å². The number of amides is 2. The largest absolute Gasteiger partial charge is 0.513 e. The number of anilines is 2. The van der Waals surface area contributed by atoms with E-state index in [-0.39, 0.29) is 19.0 Å². The Labute approximate surface area is 208 Å². The lowest BCUT2D eigenvalue weighted by Gasteiger charge is -2.13. The molecule has 0 aliphatic heterocycles. The summed E-state index contributed by atoms with van der Waals surface area (Å²) in [5.74, 6) is -0.00886. The van der Waals surface area contributed by atoms with Gasteiger partial charge in [0.2, 0.25) is 0 Å². The summed E-state index contributed by atoms with van der Waals surface area (Å²) in [6, 6.07) is 16.3. The molecule has 35 heavy (non-hydrogen) atoms. The van der Waals surface area contributed by atoms with Crippen LogP contribution in [-0.4, -0.2) is 31.2 Å². The molecule has 0 atom stereocenters. The van der Waals surface area contributed by atoms with Gasteiger partial charge in [0.25, 0.3) is 11.8 Å². The third kappa shape index (κ3) is 7.22. The van der Waals surface area contributed by atoms with Crippen molar-refractivity contribution >= 4 is 40.9 Å². The molecule has 0 aliphatic carbocycles. The van der Waals surface area contributed by atoms with Gasteiger partial charge in [-0.1, -0.05) is 23.7 Å². The zero-order chi connectivity index (χ0) is 25.4. The number of rotatable bonds is 8. The highest BCUT2D eigenvalue weighted by molar-refractivity contribution is 6.32. The van der Waals surface area contributed by atoms with Gasteiger partial charge >= 0.3 is 6.16 Å². The van der Waals surface area contributed by atoms with Gasteiger partial charge in [0.05, 0.1) is 18.0 Å². The van der Waals surface area contributed by atoms with Gasteiger partial charge in [0.1, 0.15) is 11.5 Å². The number of benzene rings is 3. The molecule has 0 aromatic heterocycles. The summed E-state index contributed by atoms with van der Waals surface area (Å²) in [6.45, 7) is 5.38. The Kier molecular flexibility index (Phi) is 8.69. The Hall–Kier alpha value is -4.04. The maximum atomic E-state index is 12.7. The van der Waals surface area contributed by atoms with Crippen molar-refractivity contribution in [2.45, 2.75) is 20.8 Å². The summed E-state index contributed by atoms with van der Waals surface area (Å²) >= 11 is 6.17. The molecule has 3 aromatic rings. The molecule has 0 aliphatic rings. The number of carbonyl (C=O) groups is 3. The first kappa shape index (κ1) is 25.6. The smallest absolute Gasteiger partial charge is 0.484 e. The van der Waals surface area contributed by atoms with Crippen molar-refractivity contribution in [1.29, 1.82) is 0 Å². The number of para-hydroxylation sites is 2. The van der Waals surface area contributed by atoms with Crippen LogP contribution in [-0.2, 0) is 9.53 Å². The lowest BCUT2D eigenvalue weighted by molar-refractivity contribution is -0.118. The molecule has 0 spiro atoms. The van der Waals surface area contributed by atoms with Gasteiger partial charge in [-0.25, -0.2) is 4.79 Å². The molecule has 2 N–H and O–H groups in total. The van der Waals surface area contributed by atoms with Crippen molar-refractivity contribution < 1.29 is 28.6 Å².